The van der Waals surface area contributed by atoms with E-state index < -0.39 is 0 Å². The first kappa shape index (κ1) is 13.2. The van der Waals surface area contributed by atoms with E-state index in [2.05, 4.69) is 24.3 Å². The van der Waals surface area contributed by atoms with Gasteiger partial charge in [0.25, 0.3) is 0 Å². The smallest absolute Gasteiger partial charge is 0.224 e. The number of nitriles is 1. The van der Waals surface area contributed by atoms with E-state index >= 15 is 0 Å². The Hall–Kier alpha value is -1.82. The van der Waals surface area contributed by atoms with Crippen molar-refractivity contribution in [1.82, 2.24) is 4.90 Å². The molecule has 3 heteroatoms. The number of carbonyl (C=O) groups is 1. The summed E-state index contributed by atoms with van der Waals surface area (Å²) in [6.45, 7) is 1.42. The molecule has 3 rings (SSSR count). The van der Waals surface area contributed by atoms with Crippen LogP contribution in [0.2, 0.25) is 0 Å². The van der Waals surface area contributed by atoms with Crippen LogP contribution in [0.15, 0.2) is 18.2 Å². The molecule has 1 aromatic rings. The third-order valence-electron chi connectivity index (χ3n) is 4.49. The molecule has 1 unspecified atom stereocenters. The van der Waals surface area contributed by atoms with Gasteiger partial charge < -0.3 is 4.90 Å². The lowest BCUT2D eigenvalue weighted by Crippen LogP contribution is -2.37. The lowest BCUT2D eigenvalue weighted by molar-refractivity contribution is -0.134. The second-order valence-electron chi connectivity index (χ2n) is 5.94. The van der Waals surface area contributed by atoms with Gasteiger partial charge in [-0.1, -0.05) is 18.2 Å². The van der Waals surface area contributed by atoms with E-state index in [1.54, 1.807) is 0 Å². The molecule has 1 atom stereocenters. The molecular formula is C17H20N2O. The molecule has 0 saturated carbocycles. The number of likely N-dealkylation sites (tertiary alicyclic amines) is 1. The molecule has 0 aromatic heterocycles. The van der Waals surface area contributed by atoms with Gasteiger partial charge in [0.1, 0.15) is 0 Å². The Morgan fingerprint density at radius 2 is 2.05 bits per heavy atom. The molecule has 1 aromatic carbocycles. The summed E-state index contributed by atoms with van der Waals surface area (Å²) < 4.78 is 0. The number of hydrogen-bond acceptors (Lipinski definition) is 2. The number of hydrogen-bond donors (Lipinski definition) is 0. The van der Waals surface area contributed by atoms with Crippen LogP contribution in [0.5, 0.6) is 0 Å². The first-order valence-electron chi connectivity index (χ1n) is 7.54. The fraction of sp³-hybridized carbons (Fsp3) is 0.529. The zero-order valence-corrected chi connectivity index (χ0v) is 11.8. The summed E-state index contributed by atoms with van der Waals surface area (Å²) in [5.41, 5.74) is 4.18. The van der Waals surface area contributed by atoms with Gasteiger partial charge in [-0.2, -0.15) is 5.26 Å². The highest BCUT2D eigenvalue weighted by atomic mass is 16.2. The fourth-order valence-corrected chi connectivity index (χ4v) is 3.26. The highest BCUT2D eigenvalue weighted by molar-refractivity contribution is 5.77. The fourth-order valence-electron chi connectivity index (χ4n) is 3.26. The minimum absolute atomic E-state index is 0.0812. The Morgan fingerprint density at radius 1 is 1.25 bits per heavy atom. The van der Waals surface area contributed by atoms with Gasteiger partial charge in [-0.05, 0) is 48.8 Å². The van der Waals surface area contributed by atoms with Gasteiger partial charge in [0.15, 0.2) is 0 Å². The summed E-state index contributed by atoms with van der Waals surface area (Å²) in [6.07, 6.45) is 6.15. The first-order valence-corrected chi connectivity index (χ1v) is 7.54. The Morgan fingerprint density at radius 3 is 2.80 bits per heavy atom. The third kappa shape index (κ3) is 2.70. The number of amides is 1. The Bertz CT molecular complexity index is 559. The van der Waals surface area contributed by atoms with Crippen molar-refractivity contribution in [1.29, 1.82) is 5.26 Å². The number of fused-ring (bicyclic) bond motifs is 1. The van der Waals surface area contributed by atoms with Crippen LogP contribution < -0.4 is 0 Å². The Kier molecular flexibility index (Phi) is 3.73. The van der Waals surface area contributed by atoms with Crippen LogP contribution in [0.3, 0.4) is 0 Å². The Balaban J connectivity index is 1.69. The topological polar surface area (TPSA) is 44.1 Å². The van der Waals surface area contributed by atoms with Gasteiger partial charge in [-0.15, -0.1) is 0 Å². The molecular weight excluding hydrogens is 248 g/mol. The molecule has 1 aliphatic heterocycles. The van der Waals surface area contributed by atoms with Crippen molar-refractivity contribution in [3.63, 3.8) is 0 Å². The minimum atomic E-state index is -0.0812. The highest BCUT2D eigenvalue weighted by Crippen LogP contribution is 2.24. The summed E-state index contributed by atoms with van der Waals surface area (Å²) in [6, 6.07) is 8.88. The van der Waals surface area contributed by atoms with Crippen molar-refractivity contribution in [2.75, 3.05) is 6.54 Å². The first-order chi connectivity index (χ1) is 9.76. The average Bonchev–Trinajstić information content (AvgIpc) is 2.49. The third-order valence-corrected chi connectivity index (χ3v) is 4.49. The van der Waals surface area contributed by atoms with Gasteiger partial charge >= 0.3 is 0 Å². The molecule has 104 valence electrons. The van der Waals surface area contributed by atoms with Gasteiger partial charge in [-0.25, -0.2) is 0 Å². The summed E-state index contributed by atoms with van der Waals surface area (Å²) in [4.78, 5) is 13.9. The zero-order valence-electron chi connectivity index (χ0n) is 11.8. The number of nitrogens with zero attached hydrogens (tertiary/aromatic N) is 2. The maximum Gasteiger partial charge on any atom is 0.224 e. The van der Waals surface area contributed by atoms with Gasteiger partial charge in [0.2, 0.25) is 5.91 Å². The monoisotopic (exact) mass is 268 g/mol. The van der Waals surface area contributed by atoms with E-state index in [-0.39, 0.29) is 11.8 Å². The molecule has 0 bridgehead atoms. The molecule has 2 aliphatic rings. The molecule has 0 N–H and O–H groups in total. The van der Waals surface area contributed by atoms with Gasteiger partial charge in [0.05, 0.1) is 12.0 Å². The van der Waals surface area contributed by atoms with Crippen LogP contribution in [0, 0.1) is 17.2 Å². The van der Waals surface area contributed by atoms with Crippen LogP contribution in [-0.4, -0.2) is 17.4 Å². The highest BCUT2D eigenvalue weighted by Gasteiger charge is 2.25. The predicted octanol–water partition coefficient (Wildman–Crippen LogP) is 2.83. The normalized spacial score (nSPS) is 22.2. The van der Waals surface area contributed by atoms with E-state index in [9.17, 15) is 4.79 Å². The van der Waals surface area contributed by atoms with Gasteiger partial charge in [0, 0.05) is 19.5 Å². The molecule has 3 nitrogen and oxygen atoms in total. The number of carbonyl (C=O) groups excluding carboxylic acids is 1. The van der Waals surface area contributed by atoms with Crippen molar-refractivity contribution >= 4 is 5.91 Å². The average molecular weight is 268 g/mol. The molecule has 1 saturated heterocycles. The quantitative estimate of drug-likeness (QED) is 0.828. The number of aryl methyl sites for hydroxylation is 2. The lowest BCUT2D eigenvalue weighted by atomic mass is 9.90. The van der Waals surface area contributed by atoms with Crippen LogP contribution >= 0.6 is 0 Å². The van der Waals surface area contributed by atoms with Crippen molar-refractivity contribution in [2.24, 2.45) is 5.92 Å². The molecule has 1 heterocycles. The number of rotatable bonds is 2. The van der Waals surface area contributed by atoms with Crippen LogP contribution in [0.25, 0.3) is 0 Å². The summed E-state index contributed by atoms with van der Waals surface area (Å²) in [5.74, 6) is 0.0443. The summed E-state index contributed by atoms with van der Waals surface area (Å²) >= 11 is 0. The molecule has 1 amide bonds. The van der Waals surface area contributed by atoms with Crippen LogP contribution in [0.1, 0.15) is 42.4 Å². The molecule has 1 aliphatic carbocycles. The van der Waals surface area contributed by atoms with Crippen LogP contribution in [-0.2, 0) is 24.2 Å². The van der Waals surface area contributed by atoms with E-state index in [1.165, 1.54) is 42.4 Å². The van der Waals surface area contributed by atoms with E-state index in [0.717, 1.165) is 6.42 Å². The molecule has 1 fully saturated rings. The van der Waals surface area contributed by atoms with E-state index in [0.29, 0.717) is 19.5 Å². The number of piperidine rings is 1. The standard InChI is InChI=1S/C17H20N2O/c18-11-13-7-8-19(17(20)10-13)12-14-5-6-15-3-1-2-4-16(15)9-14/h5-6,9,13H,1-4,7-8,10,12H2. The zero-order chi connectivity index (χ0) is 13.9. The maximum atomic E-state index is 12.0. The maximum absolute atomic E-state index is 12.0. The Labute approximate surface area is 120 Å². The molecule has 0 spiro atoms. The second kappa shape index (κ2) is 5.66. The van der Waals surface area contributed by atoms with Crippen LogP contribution in [0.4, 0.5) is 0 Å². The van der Waals surface area contributed by atoms with E-state index in [4.69, 9.17) is 5.26 Å². The van der Waals surface area contributed by atoms with Gasteiger partial charge in [-0.3, -0.25) is 4.79 Å². The largest absolute Gasteiger partial charge is 0.338 e. The molecule has 0 radical (unpaired) electrons. The van der Waals surface area contributed by atoms with Crippen molar-refractivity contribution in [3.8, 4) is 6.07 Å². The minimum Gasteiger partial charge on any atom is -0.338 e. The van der Waals surface area contributed by atoms with E-state index in [1.807, 2.05) is 4.90 Å². The van der Waals surface area contributed by atoms with Crippen molar-refractivity contribution in [2.45, 2.75) is 45.1 Å². The lowest BCUT2D eigenvalue weighted by Gasteiger charge is -2.29. The predicted molar refractivity (Wildman–Crippen MR) is 76.8 cm³/mol. The summed E-state index contributed by atoms with van der Waals surface area (Å²) in [7, 11) is 0. The van der Waals surface area contributed by atoms with Crippen molar-refractivity contribution in [3.05, 3.63) is 34.9 Å². The number of benzene rings is 1. The van der Waals surface area contributed by atoms with Crippen molar-refractivity contribution < 1.29 is 4.79 Å². The summed E-state index contributed by atoms with van der Waals surface area (Å²) in [5, 5.41) is 8.90. The molecule has 20 heavy (non-hydrogen) atoms. The SMILES string of the molecule is N#CC1CCN(Cc2ccc3c(c2)CCCC3)C(=O)C1. The second-order valence-corrected chi connectivity index (χ2v) is 5.94.